The normalized spacial score (nSPS) is 20.1. The van der Waals surface area contributed by atoms with Gasteiger partial charge in [0.05, 0.1) is 11.9 Å². The van der Waals surface area contributed by atoms with Crippen LogP contribution in [0.2, 0.25) is 0 Å². The van der Waals surface area contributed by atoms with Gasteiger partial charge in [0, 0.05) is 5.69 Å². The maximum atomic E-state index is 12.9. The predicted octanol–water partition coefficient (Wildman–Crippen LogP) is 2.46. The topological polar surface area (TPSA) is 93.5 Å². The molecule has 0 unspecified atom stereocenters. The van der Waals surface area contributed by atoms with Crippen molar-refractivity contribution < 1.29 is 32.6 Å². The number of nitrogens with one attached hydrogen (secondary N) is 1. The number of carboxylic acids is 1. The summed E-state index contributed by atoms with van der Waals surface area (Å²) in [6.45, 7) is 0. The number of alkyl halides is 3. The molecular weight excluding hydrogens is 355 g/mol. The summed E-state index contributed by atoms with van der Waals surface area (Å²) in [5.74, 6) is -1.62. The Morgan fingerprint density at radius 3 is 2.38 bits per heavy atom. The van der Waals surface area contributed by atoms with E-state index in [0.717, 1.165) is 16.9 Å². The highest BCUT2D eigenvalue weighted by molar-refractivity contribution is 5.94. The molecule has 3 rings (SSSR count). The van der Waals surface area contributed by atoms with Crippen LogP contribution in [0.3, 0.4) is 0 Å². The average Bonchev–Trinajstić information content (AvgIpc) is 3.25. The number of hydrogen-bond acceptors (Lipinski definition) is 4. The second kappa shape index (κ2) is 6.79. The van der Waals surface area contributed by atoms with Crippen molar-refractivity contribution in [2.45, 2.75) is 31.2 Å². The number of carboxylic acid groups (broad SMARTS) is 1. The smallest absolute Gasteiger partial charge is 0.433 e. The molecule has 2 aromatic rings. The standard InChI is InChI=1S/C16H14F3N3O4/c17-16(18,19)13-7-8-20-22(13)10-3-1-9(2-4-10)21-14(23)11-5-6-12(26-11)15(24)25/h1-4,7-8,11-12H,5-6H2,(H,21,23)(H,24,25)/t11-,12+/m0/s1. The van der Waals surface area contributed by atoms with Crippen LogP contribution < -0.4 is 5.32 Å². The third-order valence-corrected chi connectivity index (χ3v) is 3.90. The minimum Gasteiger partial charge on any atom is -0.479 e. The zero-order valence-corrected chi connectivity index (χ0v) is 13.2. The number of amides is 1. The first-order valence-electron chi connectivity index (χ1n) is 7.66. The maximum Gasteiger partial charge on any atom is 0.433 e. The van der Waals surface area contributed by atoms with Crippen molar-refractivity contribution in [3.8, 4) is 5.69 Å². The van der Waals surface area contributed by atoms with Crippen molar-refractivity contribution in [3.05, 3.63) is 42.2 Å². The van der Waals surface area contributed by atoms with Gasteiger partial charge in [0.15, 0.2) is 6.10 Å². The minimum atomic E-state index is -4.54. The number of carbonyl (C=O) groups excluding carboxylic acids is 1. The third-order valence-electron chi connectivity index (χ3n) is 3.90. The maximum absolute atomic E-state index is 12.9. The predicted molar refractivity (Wildman–Crippen MR) is 82.7 cm³/mol. The zero-order chi connectivity index (χ0) is 18.9. The summed E-state index contributed by atoms with van der Waals surface area (Å²) in [6.07, 6.45) is -4.85. The van der Waals surface area contributed by atoms with Crippen molar-refractivity contribution in [1.29, 1.82) is 0 Å². The Balaban J connectivity index is 1.68. The average molecular weight is 369 g/mol. The van der Waals surface area contributed by atoms with E-state index in [1.807, 2.05) is 0 Å². The van der Waals surface area contributed by atoms with Crippen LogP contribution in [0, 0.1) is 0 Å². The van der Waals surface area contributed by atoms with Crippen molar-refractivity contribution in [2.24, 2.45) is 0 Å². The van der Waals surface area contributed by atoms with E-state index in [0.29, 0.717) is 5.69 Å². The number of rotatable bonds is 4. The van der Waals surface area contributed by atoms with Gasteiger partial charge in [0.25, 0.3) is 5.91 Å². The van der Waals surface area contributed by atoms with Gasteiger partial charge in [-0.3, -0.25) is 4.79 Å². The van der Waals surface area contributed by atoms with E-state index in [1.54, 1.807) is 0 Å². The quantitative estimate of drug-likeness (QED) is 0.864. The SMILES string of the molecule is O=C(Nc1ccc(-n2nccc2C(F)(F)F)cc1)[C@@H]1CC[C@H](C(=O)O)O1. The molecule has 2 atom stereocenters. The molecule has 1 aliphatic rings. The Kier molecular flexibility index (Phi) is 4.68. The lowest BCUT2D eigenvalue weighted by molar-refractivity contribution is -0.151. The summed E-state index contributed by atoms with van der Waals surface area (Å²) in [6, 6.07) is 6.49. The highest BCUT2D eigenvalue weighted by Crippen LogP contribution is 2.30. The van der Waals surface area contributed by atoms with E-state index in [1.165, 1.54) is 24.3 Å². The van der Waals surface area contributed by atoms with Gasteiger partial charge in [0.1, 0.15) is 11.8 Å². The molecule has 1 fully saturated rings. The van der Waals surface area contributed by atoms with Gasteiger partial charge in [-0.15, -0.1) is 0 Å². The lowest BCUT2D eigenvalue weighted by Gasteiger charge is -2.13. The molecular formula is C16H14F3N3O4. The molecule has 0 saturated carbocycles. The fourth-order valence-corrected chi connectivity index (χ4v) is 2.64. The number of benzene rings is 1. The molecule has 26 heavy (non-hydrogen) atoms. The summed E-state index contributed by atoms with van der Waals surface area (Å²) < 4.78 is 44.6. The van der Waals surface area contributed by atoms with E-state index in [4.69, 9.17) is 9.84 Å². The van der Waals surface area contributed by atoms with E-state index >= 15 is 0 Å². The highest BCUT2D eigenvalue weighted by Gasteiger charge is 2.36. The molecule has 0 bridgehead atoms. The van der Waals surface area contributed by atoms with Crippen LogP contribution in [0.15, 0.2) is 36.5 Å². The molecule has 0 radical (unpaired) electrons. The Morgan fingerprint density at radius 1 is 1.15 bits per heavy atom. The van der Waals surface area contributed by atoms with Gasteiger partial charge >= 0.3 is 12.1 Å². The van der Waals surface area contributed by atoms with Crippen LogP contribution in [0.1, 0.15) is 18.5 Å². The molecule has 10 heteroatoms. The first-order chi connectivity index (χ1) is 12.3. The number of carbonyl (C=O) groups is 2. The van der Waals surface area contributed by atoms with E-state index in [9.17, 15) is 22.8 Å². The molecule has 1 saturated heterocycles. The molecule has 0 aliphatic carbocycles. The van der Waals surface area contributed by atoms with Crippen molar-refractivity contribution in [2.75, 3.05) is 5.32 Å². The van der Waals surface area contributed by atoms with E-state index in [2.05, 4.69) is 10.4 Å². The van der Waals surface area contributed by atoms with Gasteiger partial charge in [-0.2, -0.15) is 18.3 Å². The van der Waals surface area contributed by atoms with Crippen LogP contribution in [-0.2, 0) is 20.5 Å². The molecule has 2 N–H and O–H groups in total. The molecule has 138 valence electrons. The monoisotopic (exact) mass is 369 g/mol. The number of nitrogens with zero attached hydrogens (tertiary/aromatic N) is 2. The fourth-order valence-electron chi connectivity index (χ4n) is 2.64. The third kappa shape index (κ3) is 3.69. The first kappa shape index (κ1) is 17.9. The number of ether oxygens (including phenoxy) is 1. The Labute approximate surface area is 145 Å². The van der Waals surface area contributed by atoms with E-state index < -0.39 is 36.0 Å². The number of halogens is 3. The highest BCUT2D eigenvalue weighted by atomic mass is 19.4. The minimum absolute atomic E-state index is 0.184. The molecule has 1 aromatic heterocycles. The molecule has 2 heterocycles. The Bertz CT molecular complexity index is 817. The number of aromatic nitrogens is 2. The summed E-state index contributed by atoms with van der Waals surface area (Å²) in [7, 11) is 0. The number of anilines is 1. The number of aliphatic carboxylic acids is 1. The van der Waals surface area contributed by atoms with Crippen LogP contribution in [0.4, 0.5) is 18.9 Å². The summed E-state index contributed by atoms with van der Waals surface area (Å²) in [4.78, 5) is 22.9. The summed E-state index contributed by atoms with van der Waals surface area (Å²) in [5.41, 5.74) is -0.376. The van der Waals surface area contributed by atoms with Crippen LogP contribution in [0.5, 0.6) is 0 Å². The Hall–Kier alpha value is -2.88. The second-order valence-electron chi connectivity index (χ2n) is 5.69. The van der Waals surface area contributed by atoms with Gasteiger partial charge in [-0.1, -0.05) is 0 Å². The Morgan fingerprint density at radius 2 is 1.81 bits per heavy atom. The van der Waals surface area contributed by atoms with E-state index in [-0.39, 0.29) is 18.5 Å². The van der Waals surface area contributed by atoms with Gasteiger partial charge in [-0.05, 0) is 43.2 Å². The van der Waals surface area contributed by atoms with Gasteiger partial charge < -0.3 is 15.2 Å². The lowest BCUT2D eigenvalue weighted by atomic mass is 10.2. The second-order valence-corrected chi connectivity index (χ2v) is 5.69. The van der Waals surface area contributed by atoms with Crippen molar-refractivity contribution >= 4 is 17.6 Å². The lowest BCUT2D eigenvalue weighted by Crippen LogP contribution is -2.29. The van der Waals surface area contributed by atoms with Crippen LogP contribution in [0.25, 0.3) is 5.69 Å². The van der Waals surface area contributed by atoms with Gasteiger partial charge in [0.2, 0.25) is 0 Å². The number of hydrogen-bond donors (Lipinski definition) is 2. The molecule has 7 nitrogen and oxygen atoms in total. The fraction of sp³-hybridized carbons (Fsp3) is 0.312. The molecule has 1 aliphatic heterocycles. The first-order valence-corrected chi connectivity index (χ1v) is 7.66. The zero-order valence-electron chi connectivity index (χ0n) is 13.2. The van der Waals surface area contributed by atoms with Crippen LogP contribution >= 0.6 is 0 Å². The largest absolute Gasteiger partial charge is 0.479 e. The molecule has 1 amide bonds. The molecule has 1 aromatic carbocycles. The molecule has 0 spiro atoms. The van der Waals surface area contributed by atoms with Gasteiger partial charge in [-0.25, -0.2) is 9.48 Å². The van der Waals surface area contributed by atoms with Crippen molar-refractivity contribution in [1.82, 2.24) is 9.78 Å². The summed E-state index contributed by atoms with van der Waals surface area (Å²) >= 11 is 0. The van der Waals surface area contributed by atoms with Crippen LogP contribution in [-0.4, -0.2) is 39.0 Å². The summed E-state index contributed by atoms with van der Waals surface area (Å²) in [5, 5.41) is 15.1. The van der Waals surface area contributed by atoms with Crippen molar-refractivity contribution in [3.63, 3.8) is 0 Å².